The van der Waals surface area contributed by atoms with Gasteiger partial charge in [0.2, 0.25) is 0 Å². The van der Waals surface area contributed by atoms with Crippen LogP contribution in [0, 0.1) is 5.92 Å². The third kappa shape index (κ3) is 3.46. The van der Waals surface area contributed by atoms with Crippen LogP contribution in [0.3, 0.4) is 0 Å². The molecule has 1 saturated heterocycles. The Bertz CT molecular complexity index is 396. The molecule has 0 bridgehead atoms. The summed E-state index contributed by atoms with van der Waals surface area (Å²) in [4.78, 5) is 11.8. The van der Waals surface area contributed by atoms with Gasteiger partial charge in [0.05, 0.1) is 12.5 Å². The smallest absolute Gasteiger partial charge is 0.310 e. The number of benzene rings is 1. The summed E-state index contributed by atoms with van der Waals surface area (Å²) >= 11 is 3.42. The Kier molecular flexibility index (Phi) is 6.12. The molecule has 100 valence electrons. The lowest BCUT2D eigenvalue weighted by atomic mass is 9.89. The van der Waals surface area contributed by atoms with Crippen molar-refractivity contribution in [1.29, 1.82) is 0 Å². The summed E-state index contributed by atoms with van der Waals surface area (Å²) in [6, 6.07) is 8.15. The second-order valence-corrected chi connectivity index (χ2v) is 5.09. The molecule has 2 rings (SSSR count). The zero-order valence-electron chi connectivity index (χ0n) is 10.2. The number of carbonyl (C=O) groups excluding carboxylic acids is 1. The minimum atomic E-state index is -0.0922. The van der Waals surface area contributed by atoms with E-state index in [1.54, 1.807) is 0 Å². The number of carbonyl (C=O) groups is 1. The van der Waals surface area contributed by atoms with E-state index < -0.39 is 0 Å². The predicted octanol–water partition coefficient (Wildman–Crippen LogP) is 2.74. The summed E-state index contributed by atoms with van der Waals surface area (Å²) in [6.45, 7) is 3.84. The molecule has 3 nitrogen and oxygen atoms in total. The van der Waals surface area contributed by atoms with Crippen molar-refractivity contribution in [2.24, 2.45) is 5.92 Å². The Morgan fingerprint density at radius 1 is 1.39 bits per heavy atom. The quantitative estimate of drug-likeness (QED) is 0.864. The van der Waals surface area contributed by atoms with Crippen molar-refractivity contribution < 1.29 is 9.53 Å². The fraction of sp³-hybridized carbons (Fsp3) is 0.462. The van der Waals surface area contributed by atoms with Crippen molar-refractivity contribution in [3.8, 4) is 0 Å². The third-order valence-corrected chi connectivity index (χ3v) is 3.63. The molecule has 2 atom stereocenters. The van der Waals surface area contributed by atoms with Crippen LogP contribution in [0.25, 0.3) is 0 Å². The minimum absolute atomic E-state index is 0. The minimum Gasteiger partial charge on any atom is -0.466 e. The lowest BCUT2D eigenvalue weighted by Gasteiger charge is -2.17. The maximum atomic E-state index is 11.8. The van der Waals surface area contributed by atoms with Crippen LogP contribution in [0.15, 0.2) is 28.7 Å². The van der Waals surface area contributed by atoms with Gasteiger partial charge in [-0.2, -0.15) is 0 Å². The van der Waals surface area contributed by atoms with Gasteiger partial charge in [0.25, 0.3) is 0 Å². The zero-order chi connectivity index (χ0) is 12.3. The first-order valence-electron chi connectivity index (χ1n) is 5.85. The fourth-order valence-electron chi connectivity index (χ4n) is 2.24. The topological polar surface area (TPSA) is 38.3 Å². The Balaban J connectivity index is 0.00000162. The van der Waals surface area contributed by atoms with E-state index in [-0.39, 0.29) is 30.2 Å². The van der Waals surface area contributed by atoms with E-state index in [4.69, 9.17) is 4.74 Å². The van der Waals surface area contributed by atoms with Gasteiger partial charge in [-0.05, 0) is 24.6 Å². The van der Waals surface area contributed by atoms with E-state index in [1.807, 2.05) is 19.1 Å². The highest BCUT2D eigenvalue weighted by atomic mass is 79.9. The first kappa shape index (κ1) is 15.5. The second kappa shape index (κ2) is 7.12. The molecule has 1 fully saturated rings. The van der Waals surface area contributed by atoms with Crippen LogP contribution >= 0.6 is 28.3 Å². The van der Waals surface area contributed by atoms with Crippen molar-refractivity contribution in [1.82, 2.24) is 5.32 Å². The highest BCUT2D eigenvalue weighted by Crippen LogP contribution is 2.29. The van der Waals surface area contributed by atoms with Gasteiger partial charge in [-0.1, -0.05) is 28.1 Å². The van der Waals surface area contributed by atoms with Crippen LogP contribution in [0.5, 0.6) is 0 Å². The number of halogens is 2. The molecule has 18 heavy (non-hydrogen) atoms. The van der Waals surface area contributed by atoms with Gasteiger partial charge < -0.3 is 10.1 Å². The van der Waals surface area contributed by atoms with E-state index >= 15 is 0 Å². The summed E-state index contributed by atoms with van der Waals surface area (Å²) in [7, 11) is 0. The SMILES string of the molecule is CCOC(=O)[C@@H]1CNC[C@H]1c1ccc(Br)cc1.Cl. The van der Waals surface area contributed by atoms with Gasteiger partial charge >= 0.3 is 5.97 Å². The van der Waals surface area contributed by atoms with Gasteiger partial charge in [-0.15, -0.1) is 12.4 Å². The summed E-state index contributed by atoms with van der Waals surface area (Å²) < 4.78 is 6.17. The van der Waals surface area contributed by atoms with E-state index in [0.717, 1.165) is 11.0 Å². The Morgan fingerprint density at radius 3 is 2.67 bits per heavy atom. The van der Waals surface area contributed by atoms with Gasteiger partial charge in [0.15, 0.2) is 0 Å². The van der Waals surface area contributed by atoms with E-state index in [1.165, 1.54) is 5.56 Å². The first-order valence-corrected chi connectivity index (χ1v) is 6.64. The van der Waals surface area contributed by atoms with Crippen LogP contribution in [0.4, 0.5) is 0 Å². The molecule has 1 heterocycles. The molecule has 0 aliphatic carbocycles. The lowest BCUT2D eigenvalue weighted by molar-refractivity contribution is -0.147. The highest BCUT2D eigenvalue weighted by Gasteiger charge is 2.34. The van der Waals surface area contributed by atoms with Crippen LogP contribution in [0.2, 0.25) is 0 Å². The normalized spacial score (nSPS) is 22.3. The summed E-state index contributed by atoms with van der Waals surface area (Å²) in [5, 5.41) is 3.26. The largest absolute Gasteiger partial charge is 0.466 e. The number of ether oxygens (including phenoxy) is 1. The summed E-state index contributed by atoms with van der Waals surface area (Å²) in [5.74, 6) is 0.0729. The molecule has 5 heteroatoms. The summed E-state index contributed by atoms with van der Waals surface area (Å²) in [5.41, 5.74) is 1.19. The zero-order valence-corrected chi connectivity index (χ0v) is 12.6. The molecule has 0 unspecified atom stereocenters. The van der Waals surface area contributed by atoms with Crippen LogP contribution in [-0.2, 0) is 9.53 Å². The van der Waals surface area contributed by atoms with Crippen LogP contribution in [-0.4, -0.2) is 25.7 Å². The number of nitrogens with one attached hydrogen (secondary N) is 1. The molecular weight excluding hydrogens is 318 g/mol. The van der Waals surface area contributed by atoms with Crippen molar-refractivity contribution in [2.75, 3.05) is 19.7 Å². The van der Waals surface area contributed by atoms with Crippen molar-refractivity contribution in [3.63, 3.8) is 0 Å². The van der Waals surface area contributed by atoms with Crippen LogP contribution < -0.4 is 5.32 Å². The van der Waals surface area contributed by atoms with E-state index in [2.05, 4.69) is 33.4 Å². The molecule has 0 aromatic heterocycles. The monoisotopic (exact) mass is 333 g/mol. The van der Waals surface area contributed by atoms with Crippen LogP contribution in [0.1, 0.15) is 18.4 Å². The maximum Gasteiger partial charge on any atom is 0.310 e. The highest BCUT2D eigenvalue weighted by molar-refractivity contribution is 9.10. The first-order chi connectivity index (χ1) is 8.22. The fourth-order valence-corrected chi connectivity index (χ4v) is 2.50. The van der Waals surface area contributed by atoms with Crippen molar-refractivity contribution in [2.45, 2.75) is 12.8 Å². The van der Waals surface area contributed by atoms with Gasteiger partial charge in [-0.25, -0.2) is 0 Å². The Morgan fingerprint density at radius 2 is 2.06 bits per heavy atom. The molecule has 0 amide bonds. The molecular formula is C13H17BrClNO2. The molecule has 1 aromatic rings. The number of hydrogen-bond donors (Lipinski definition) is 1. The Labute approximate surface area is 122 Å². The van der Waals surface area contributed by atoms with Gasteiger partial charge in [-0.3, -0.25) is 4.79 Å². The lowest BCUT2D eigenvalue weighted by Crippen LogP contribution is -2.24. The van der Waals surface area contributed by atoms with Gasteiger partial charge in [0, 0.05) is 23.5 Å². The average Bonchev–Trinajstić information content (AvgIpc) is 2.79. The molecule has 0 saturated carbocycles. The van der Waals surface area contributed by atoms with Crippen molar-refractivity contribution in [3.05, 3.63) is 34.3 Å². The van der Waals surface area contributed by atoms with E-state index in [9.17, 15) is 4.79 Å². The molecule has 1 aliphatic heterocycles. The Hall–Kier alpha value is -0.580. The second-order valence-electron chi connectivity index (χ2n) is 4.17. The average molecular weight is 335 g/mol. The summed E-state index contributed by atoms with van der Waals surface area (Å²) in [6.07, 6.45) is 0. The van der Waals surface area contributed by atoms with E-state index in [0.29, 0.717) is 13.2 Å². The number of hydrogen-bond acceptors (Lipinski definition) is 3. The molecule has 0 radical (unpaired) electrons. The molecule has 1 N–H and O–H groups in total. The maximum absolute atomic E-state index is 11.8. The molecule has 1 aliphatic rings. The van der Waals surface area contributed by atoms with Gasteiger partial charge in [0.1, 0.15) is 0 Å². The number of esters is 1. The number of rotatable bonds is 3. The third-order valence-electron chi connectivity index (χ3n) is 3.10. The molecule has 0 spiro atoms. The van der Waals surface area contributed by atoms with Crippen molar-refractivity contribution >= 4 is 34.3 Å². The standard InChI is InChI=1S/C13H16BrNO2.ClH/c1-2-17-13(16)12-8-15-7-11(12)9-3-5-10(14)6-4-9;/h3-6,11-12,15H,2,7-8H2,1H3;1H/t11-,12+;/m0./s1. The molecule has 1 aromatic carbocycles. The predicted molar refractivity (Wildman–Crippen MR) is 77.1 cm³/mol.